The van der Waals surface area contributed by atoms with Gasteiger partial charge in [-0.15, -0.1) is 0 Å². The summed E-state index contributed by atoms with van der Waals surface area (Å²) in [4.78, 5) is 2.37. The average Bonchev–Trinajstić information content (AvgIpc) is 2.74. The molecule has 1 N–H and O–H groups in total. The molecule has 1 aromatic rings. The van der Waals surface area contributed by atoms with Crippen LogP contribution in [0.1, 0.15) is 25.3 Å². The van der Waals surface area contributed by atoms with E-state index in [0.717, 1.165) is 6.42 Å². The summed E-state index contributed by atoms with van der Waals surface area (Å²) < 4.78 is 0. The third-order valence-electron chi connectivity index (χ3n) is 2.48. The van der Waals surface area contributed by atoms with Gasteiger partial charge in [0.05, 0.1) is 0 Å². The molecule has 0 aromatic carbocycles. The first-order chi connectivity index (χ1) is 5.92. The van der Waals surface area contributed by atoms with E-state index in [9.17, 15) is 0 Å². The molecule has 2 rings (SSSR count). The third-order valence-corrected chi connectivity index (χ3v) is 2.48. The van der Waals surface area contributed by atoms with Gasteiger partial charge in [-0.25, -0.2) is 0 Å². The van der Waals surface area contributed by atoms with Gasteiger partial charge in [-0.05, 0) is 19.3 Å². The van der Waals surface area contributed by atoms with Crippen molar-refractivity contribution in [2.45, 2.75) is 26.2 Å². The predicted octanol–water partition coefficient (Wildman–Crippen LogP) is 1.57. The van der Waals surface area contributed by atoms with E-state index in [0.29, 0.717) is 0 Å². The van der Waals surface area contributed by atoms with Crippen LogP contribution in [0.25, 0.3) is 0 Å². The van der Waals surface area contributed by atoms with Crippen molar-refractivity contribution in [2.24, 2.45) is 0 Å². The van der Waals surface area contributed by atoms with E-state index in [1.54, 1.807) is 0 Å². The van der Waals surface area contributed by atoms with E-state index in [-0.39, 0.29) is 0 Å². The van der Waals surface area contributed by atoms with Crippen molar-refractivity contribution in [3.63, 3.8) is 0 Å². The lowest BCUT2D eigenvalue weighted by atomic mass is 10.2. The first-order valence-electron chi connectivity index (χ1n) is 4.69. The molecule has 0 aliphatic carbocycles. The molecule has 2 heterocycles. The molecule has 1 saturated heterocycles. The maximum absolute atomic E-state index is 4.27. The number of rotatable bonds is 2. The van der Waals surface area contributed by atoms with Gasteiger partial charge in [0.1, 0.15) is 0 Å². The van der Waals surface area contributed by atoms with Crippen molar-refractivity contribution in [3.05, 3.63) is 11.8 Å². The van der Waals surface area contributed by atoms with E-state index >= 15 is 0 Å². The minimum absolute atomic E-state index is 1.07. The number of anilines is 1. The van der Waals surface area contributed by atoms with E-state index in [2.05, 4.69) is 22.0 Å². The molecule has 0 unspecified atom stereocenters. The van der Waals surface area contributed by atoms with Gasteiger partial charge in [-0.3, -0.25) is 5.10 Å². The molecular formula is C9H15N3. The molecule has 0 saturated carbocycles. The van der Waals surface area contributed by atoms with E-state index in [1.807, 2.05) is 6.20 Å². The molecule has 0 spiro atoms. The molecule has 12 heavy (non-hydrogen) atoms. The smallest absolute Gasteiger partial charge is 0.153 e. The normalized spacial score (nSPS) is 17.2. The van der Waals surface area contributed by atoms with Gasteiger partial charge in [0.25, 0.3) is 0 Å². The summed E-state index contributed by atoms with van der Waals surface area (Å²) in [6, 6.07) is 0. The Bertz CT molecular complexity index is 248. The maximum Gasteiger partial charge on any atom is 0.153 e. The Morgan fingerprint density at radius 2 is 2.25 bits per heavy atom. The Morgan fingerprint density at radius 1 is 1.50 bits per heavy atom. The first kappa shape index (κ1) is 7.65. The van der Waals surface area contributed by atoms with Gasteiger partial charge in [0, 0.05) is 24.8 Å². The molecule has 0 atom stereocenters. The van der Waals surface area contributed by atoms with E-state index < -0.39 is 0 Å². The SMILES string of the molecule is CCc1c[nH]nc1N1CCCC1. The highest BCUT2D eigenvalue weighted by molar-refractivity contribution is 5.46. The summed E-state index contributed by atoms with van der Waals surface area (Å²) in [5, 5.41) is 7.20. The van der Waals surface area contributed by atoms with Crippen LogP contribution in [0.5, 0.6) is 0 Å². The second-order valence-electron chi connectivity index (χ2n) is 3.28. The zero-order valence-corrected chi connectivity index (χ0v) is 7.51. The second kappa shape index (κ2) is 3.17. The standard InChI is InChI=1S/C9H15N3/c1-2-8-7-10-11-9(8)12-5-3-4-6-12/h7H,2-6H2,1H3,(H,10,11). The quantitative estimate of drug-likeness (QED) is 0.721. The summed E-state index contributed by atoms with van der Waals surface area (Å²) in [6.07, 6.45) is 5.71. The molecule has 3 heteroatoms. The van der Waals surface area contributed by atoms with Crippen molar-refractivity contribution in [2.75, 3.05) is 18.0 Å². The van der Waals surface area contributed by atoms with Crippen molar-refractivity contribution in [1.29, 1.82) is 0 Å². The van der Waals surface area contributed by atoms with Crippen LogP contribution in [0.15, 0.2) is 6.20 Å². The van der Waals surface area contributed by atoms with Crippen LogP contribution in [-0.2, 0) is 6.42 Å². The maximum atomic E-state index is 4.27. The number of hydrogen-bond acceptors (Lipinski definition) is 2. The summed E-state index contributed by atoms with van der Waals surface area (Å²) in [5.41, 5.74) is 1.34. The van der Waals surface area contributed by atoms with Crippen LogP contribution < -0.4 is 4.90 Å². The van der Waals surface area contributed by atoms with Crippen LogP contribution in [0, 0.1) is 0 Å². The highest BCUT2D eigenvalue weighted by Crippen LogP contribution is 2.21. The highest BCUT2D eigenvalue weighted by Gasteiger charge is 2.16. The number of aryl methyl sites for hydroxylation is 1. The van der Waals surface area contributed by atoms with E-state index in [4.69, 9.17) is 0 Å². The lowest BCUT2D eigenvalue weighted by Gasteiger charge is -2.15. The van der Waals surface area contributed by atoms with Gasteiger partial charge < -0.3 is 4.90 Å². The first-order valence-corrected chi connectivity index (χ1v) is 4.69. The average molecular weight is 165 g/mol. The Balaban J connectivity index is 2.19. The second-order valence-corrected chi connectivity index (χ2v) is 3.28. The summed E-state index contributed by atoms with van der Waals surface area (Å²) in [6.45, 7) is 4.53. The molecule has 1 aliphatic rings. The van der Waals surface area contributed by atoms with Gasteiger partial charge >= 0.3 is 0 Å². The number of H-pyrrole nitrogens is 1. The number of aromatic nitrogens is 2. The molecule has 0 bridgehead atoms. The fraction of sp³-hybridized carbons (Fsp3) is 0.667. The molecule has 1 fully saturated rings. The number of nitrogens with zero attached hydrogens (tertiary/aromatic N) is 2. The van der Waals surface area contributed by atoms with Gasteiger partial charge in [-0.2, -0.15) is 5.10 Å². The van der Waals surface area contributed by atoms with Crippen molar-refractivity contribution >= 4 is 5.82 Å². The Kier molecular flexibility index (Phi) is 2.02. The van der Waals surface area contributed by atoms with Crippen LogP contribution in [0.4, 0.5) is 5.82 Å². The zero-order valence-electron chi connectivity index (χ0n) is 7.51. The highest BCUT2D eigenvalue weighted by atomic mass is 15.3. The molecule has 66 valence electrons. The Labute approximate surface area is 72.8 Å². The third kappa shape index (κ3) is 1.19. The molecule has 1 aromatic heterocycles. The Hall–Kier alpha value is -0.990. The lowest BCUT2D eigenvalue weighted by molar-refractivity contribution is 0.910. The minimum atomic E-state index is 1.07. The van der Waals surface area contributed by atoms with Crippen molar-refractivity contribution in [1.82, 2.24) is 10.2 Å². The number of hydrogen-bond donors (Lipinski definition) is 1. The fourth-order valence-corrected chi connectivity index (χ4v) is 1.77. The van der Waals surface area contributed by atoms with Crippen LogP contribution in [0.3, 0.4) is 0 Å². The van der Waals surface area contributed by atoms with Crippen molar-refractivity contribution in [3.8, 4) is 0 Å². The summed E-state index contributed by atoms with van der Waals surface area (Å²) in [7, 11) is 0. The molecule has 1 aliphatic heterocycles. The predicted molar refractivity (Wildman–Crippen MR) is 49.4 cm³/mol. The number of nitrogens with one attached hydrogen (secondary N) is 1. The molecular weight excluding hydrogens is 150 g/mol. The monoisotopic (exact) mass is 165 g/mol. The largest absolute Gasteiger partial charge is 0.355 e. The molecule has 0 radical (unpaired) electrons. The topological polar surface area (TPSA) is 31.9 Å². The van der Waals surface area contributed by atoms with Crippen LogP contribution >= 0.6 is 0 Å². The van der Waals surface area contributed by atoms with Gasteiger partial charge in [-0.1, -0.05) is 6.92 Å². The van der Waals surface area contributed by atoms with Gasteiger partial charge in [0.15, 0.2) is 5.82 Å². The lowest BCUT2D eigenvalue weighted by Crippen LogP contribution is -2.19. The van der Waals surface area contributed by atoms with Crippen LogP contribution in [-0.4, -0.2) is 23.3 Å². The molecule has 3 nitrogen and oxygen atoms in total. The minimum Gasteiger partial charge on any atom is -0.355 e. The zero-order chi connectivity index (χ0) is 8.39. The van der Waals surface area contributed by atoms with Gasteiger partial charge in [0.2, 0.25) is 0 Å². The van der Waals surface area contributed by atoms with E-state index in [1.165, 1.54) is 37.3 Å². The van der Waals surface area contributed by atoms with Crippen molar-refractivity contribution < 1.29 is 0 Å². The summed E-state index contributed by atoms with van der Waals surface area (Å²) in [5.74, 6) is 1.18. The molecule has 0 amide bonds. The Morgan fingerprint density at radius 3 is 2.92 bits per heavy atom. The fourth-order valence-electron chi connectivity index (χ4n) is 1.77. The number of aromatic amines is 1. The van der Waals surface area contributed by atoms with Crippen LogP contribution in [0.2, 0.25) is 0 Å². The summed E-state index contributed by atoms with van der Waals surface area (Å²) >= 11 is 0.